The van der Waals surface area contributed by atoms with Gasteiger partial charge in [-0.2, -0.15) is 0 Å². The maximum Gasteiger partial charge on any atom is 0.193 e. The van der Waals surface area contributed by atoms with Gasteiger partial charge < -0.3 is 10.1 Å². The molecule has 4 rings (SSSR count). The van der Waals surface area contributed by atoms with Crippen molar-refractivity contribution in [3.63, 3.8) is 0 Å². The Balaban J connectivity index is 1.66. The molecule has 27 heavy (non-hydrogen) atoms. The van der Waals surface area contributed by atoms with Crippen molar-refractivity contribution in [2.75, 3.05) is 12.4 Å². The van der Waals surface area contributed by atoms with Crippen LogP contribution >= 0.6 is 0 Å². The summed E-state index contributed by atoms with van der Waals surface area (Å²) in [5, 5.41) is 2.95. The third kappa shape index (κ3) is 3.28. The number of carbonyl (C=O) groups excluding carboxylic acids is 1. The topological polar surface area (TPSA) is 38.3 Å². The molecule has 1 N–H and O–H groups in total. The van der Waals surface area contributed by atoms with Gasteiger partial charge in [-0.25, -0.2) is 8.78 Å². The highest BCUT2D eigenvalue weighted by molar-refractivity contribution is 6.11. The van der Waals surface area contributed by atoms with Gasteiger partial charge in [0.05, 0.1) is 12.8 Å². The Bertz CT molecular complexity index is 1050. The van der Waals surface area contributed by atoms with E-state index in [4.69, 9.17) is 4.74 Å². The Labute approximate surface area is 155 Å². The molecule has 1 aliphatic rings. The maximum absolute atomic E-state index is 13.9. The van der Waals surface area contributed by atoms with Crippen LogP contribution in [0.3, 0.4) is 0 Å². The van der Waals surface area contributed by atoms with Crippen LogP contribution in [0.1, 0.15) is 27.0 Å². The molecule has 5 heteroatoms. The summed E-state index contributed by atoms with van der Waals surface area (Å²) in [6.45, 7) is 0. The highest BCUT2D eigenvalue weighted by atomic mass is 19.1. The van der Waals surface area contributed by atoms with E-state index in [1.807, 2.05) is 12.1 Å². The van der Waals surface area contributed by atoms with Crippen LogP contribution in [0.2, 0.25) is 0 Å². The summed E-state index contributed by atoms with van der Waals surface area (Å²) >= 11 is 0. The fraction of sp³-hybridized carbons (Fsp3) is 0.136. The molecular weight excluding hydrogens is 348 g/mol. The number of ketones is 1. The molecule has 3 aromatic rings. The number of hydrogen-bond acceptors (Lipinski definition) is 3. The van der Waals surface area contributed by atoms with Crippen molar-refractivity contribution < 1.29 is 18.3 Å². The smallest absolute Gasteiger partial charge is 0.193 e. The van der Waals surface area contributed by atoms with Gasteiger partial charge >= 0.3 is 0 Å². The monoisotopic (exact) mass is 365 g/mol. The van der Waals surface area contributed by atoms with Gasteiger partial charge in [-0.3, -0.25) is 4.79 Å². The van der Waals surface area contributed by atoms with Crippen molar-refractivity contribution in [3.8, 4) is 5.75 Å². The molecule has 0 aromatic heterocycles. The van der Waals surface area contributed by atoms with Gasteiger partial charge in [0.2, 0.25) is 0 Å². The second-order valence-electron chi connectivity index (χ2n) is 6.47. The quantitative estimate of drug-likeness (QED) is 0.706. The molecule has 0 radical (unpaired) electrons. The predicted molar refractivity (Wildman–Crippen MR) is 99.9 cm³/mol. The molecule has 136 valence electrons. The van der Waals surface area contributed by atoms with Crippen molar-refractivity contribution in [1.82, 2.24) is 0 Å². The number of rotatable bonds is 3. The fourth-order valence-corrected chi connectivity index (χ4v) is 3.39. The predicted octanol–water partition coefficient (Wildman–Crippen LogP) is 5.05. The van der Waals surface area contributed by atoms with E-state index in [-0.39, 0.29) is 11.5 Å². The molecule has 3 nitrogen and oxygen atoms in total. The number of aryl methyl sites for hydroxylation is 2. The van der Waals surface area contributed by atoms with Gasteiger partial charge in [0.15, 0.2) is 5.78 Å². The molecule has 0 fully saturated rings. The minimum atomic E-state index is -0.666. The Morgan fingerprint density at radius 3 is 2.30 bits per heavy atom. The molecule has 3 aromatic carbocycles. The zero-order valence-electron chi connectivity index (χ0n) is 14.7. The Kier molecular flexibility index (Phi) is 4.36. The molecule has 0 aliphatic heterocycles. The van der Waals surface area contributed by atoms with E-state index in [9.17, 15) is 13.6 Å². The molecule has 0 unspecified atom stereocenters. The first-order valence-electron chi connectivity index (χ1n) is 8.62. The number of nitrogens with one attached hydrogen (secondary N) is 1. The number of fused-ring (bicyclic) bond motifs is 2. The van der Waals surface area contributed by atoms with Crippen LogP contribution in [-0.4, -0.2) is 12.9 Å². The summed E-state index contributed by atoms with van der Waals surface area (Å²) in [7, 11) is 1.60. The average Bonchev–Trinajstić information content (AvgIpc) is 2.80. The summed E-state index contributed by atoms with van der Waals surface area (Å²) in [5.41, 5.74) is 4.00. The number of hydrogen-bond donors (Lipinski definition) is 1. The number of carbonyl (C=O) groups is 1. The highest BCUT2D eigenvalue weighted by Crippen LogP contribution is 2.30. The van der Waals surface area contributed by atoms with Crippen LogP contribution in [0.5, 0.6) is 5.75 Å². The minimum Gasteiger partial charge on any atom is -0.497 e. The molecule has 1 aliphatic carbocycles. The van der Waals surface area contributed by atoms with Crippen molar-refractivity contribution in [3.05, 3.63) is 88.5 Å². The van der Waals surface area contributed by atoms with Crippen molar-refractivity contribution in [1.29, 1.82) is 0 Å². The second kappa shape index (κ2) is 6.83. The Morgan fingerprint density at radius 1 is 0.889 bits per heavy atom. The normalized spacial score (nSPS) is 12.8. The van der Waals surface area contributed by atoms with Crippen LogP contribution in [0.15, 0.2) is 54.6 Å². The van der Waals surface area contributed by atoms with Gasteiger partial charge in [0.25, 0.3) is 0 Å². The summed E-state index contributed by atoms with van der Waals surface area (Å²) in [6.07, 6.45) is 1.39. The Morgan fingerprint density at radius 2 is 1.59 bits per heavy atom. The lowest BCUT2D eigenvalue weighted by Gasteiger charge is -2.11. The van der Waals surface area contributed by atoms with Gasteiger partial charge in [-0.15, -0.1) is 0 Å². The zero-order chi connectivity index (χ0) is 19.0. The maximum atomic E-state index is 13.9. The number of halogens is 2. The Hall–Kier alpha value is -3.21. The van der Waals surface area contributed by atoms with E-state index in [0.717, 1.165) is 22.9 Å². The summed E-state index contributed by atoms with van der Waals surface area (Å²) in [5.74, 6) is -0.597. The van der Waals surface area contributed by atoms with E-state index < -0.39 is 11.6 Å². The number of methoxy groups -OCH3 is 1. The molecule has 0 spiro atoms. The third-order valence-electron chi connectivity index (χ3n) is 4.78. The average molecular weight is 365 g/mol. The van der Waals surface area contributed by atoms with E-state index in [1.54, 1.807) is 31.4 Å². The van der Waals surface area contributed by atoms with Crippen molar-refractivity contribution in [2.45, 2.75) is 12.8 Å². The van der Waals surface area contributed by atoms with Crippen molar-refractivity contribution >= 4 is 17.2 Å². The highest BCUT2D eigenvalue weighted by Gasteiger charge is 2.22. The molecule has 0 amide bonds. The summed E-state index contributed by atoms with van der Waals surface area (Å²) < 4.78 is 32.2. The molecule has 0 bridgehead atoms. The van der Waals surface area contributed by atoms with E-state index in [2.05, 4.69) is 5.32 Å². The molecule has 0 saturated carbocycles. The van der Waals surface area contributed by atoms with Crippen LogP contribution in [-0.2, 0) is 12.8 Å². The molecule has 0 atom stereocenters. The second-order valence-corrected chi connectivity index (χ2v) is 6.47. The zero-order valence-corrected chi connectivity index (χ0v) is 14.7. The number of anilines is 2. The fourth-order valence-electron chi connectivity index (χ4n) is 3.39. The van der Waals surface area contributed by atoms with Gasteiger partial charge in [-0.05, 0) is 72.5 Å². The van der Waals surface area contributed by atoms with Crippen LogP contribution in [0.25, 0.3) is 0 Å². The first-order valence-corrected chi connectivity index (χ1v) is 8.62. The van der Waals surface area contributed by atoms with Gasteiger partial charge in [-0.1, -0.05) is 0 Å². The number of ether oxygens (including phenoxy) is 1. The summed E-state index contributed by atoms with van der Waals surface area (Å²) in [6, 6.07) is 14.2. The lowest BCUT2D eigenvalue weighted by atomic mass is 9.98. The molecule has 0 heterocycles. The van der Waals surface area contributed by atoms with Crippen LogP contribution < -0.4 is 10.1 Å². The van der Waals surface area contributed by atoms with Gasteiger partial charge in [0.1, 0.15) is 17.4 Å². The lowest BCUT2D eigenvalue weighted by molar-refractivity contribution is 0.103. The summed E-state index contributed by atoms with van der Waals surface area (Å²) in [4.78, 5) is 12.9. The largest absolute Gasteiger partial charge is 0.497 e. The number of benzene rings is 3. The first-order chi connectivity index (χ1) is 13.0. The van der Waals surface area contributed by atoms with E-state index in [0.29, 0.717) is 29.7 Å². The van der Waals surface area contributed by atoms with Gasteiger partial charge in [0, 0.05) is 22.9 Å². The van der Waals surface area contributed by atoms with Crippen molar-refractivity contribution in [2.24, 2.45) is 0 Å². The van der Waals surface area contributed by atoms with Crippen LogP contribution in [0.4, 0.5) is 20.2 Å². The van der Waals surface area contributed by atoms with Crippen LogP contribution in [0, 0.1) is 11.6 Å². The van der Waals surface area contributed by atoms with E-state index in [1.165, 1.54) is 12.1 Å². The molecular formula is C22H17F2NO2. The van der Waals surface area contributed by atoms with E-state index >= 15 is 0 Å². The minimum absolute atomic E-state index is 0.0281. The lowest BCUT2D eigenvalue weighted by Crippen LogP contribution is -2.05. The first kappa shape index (κ1) is 17.2. The SMILES string of the molecule is COc1ccc2c(c1)CCc1cc(Nc3ccc(F)cc3F)ccc1C2=O. The third-order valence-corrected chi connectivity index (χ3v) is 4.78. The standard InChI is InChI=1S/C22H17F2NO2/c1-27-17-6-8-19-14(11-17)3-2-13-10-16(5-7-18(13)22(19)26)25-21-9-4-15(23)12-20(21)24/h4-12,25H,2-3H2,1H3. The molecule has 0 saturated heterocycles.